The molecule has 172 valence electrons. The zero-order valence-corrected chi connectivity index (χ0v) is 18.5. The number of hydrogen-bond acceptors (Lipinski definition) is 6. The number of fused-ring (bicyclic) bond motifs is 1. The van der Waals surface area contributed by atoms with Gasteiger partial charge in [0.1, 0.15) is 18.1 Å². The molecular formula is C26H22F2N4O2. The van der Waals surface area contributed by atoms with Crippen LogP contribution in [-0.4, -0.2) is 28.6 Å². The maximum atomic E-state index is 14.4. The maximum absolute atomic E-state index is 14.4. The molecule has 0 spiro atoms. The molecule has 0 amide bonds. The van der Waals surface area contributed by atoms with E-state index in [2.05, 4.69) is 15.0 Å². The summed E-state index contributed by atoms with van der Waals surface area (Å²) in [5.41, 5.74) is 3.89. The third kappa shape index (κ3) is 4.52. The first-order valence-electron chi connectivity index (χ1n) is 10.9. The van der Waals surface area contributed by atoms with Crippen molar-refractivity contribution >= 4 is 5.69 Å². The highest BCUT2D eigenvalue weighted by Crippen LogP contribution is 2.31. The first-order chi connectivity index (χ1) is 16.6. The summed E-state index contributed by atoms with van der Waals surface area (Å²) in [6.45, 7) is 1.22. The van der Waals surface area contributed by atoms with Gasteiger partial charge < -0.3 is 14.4 Å². The molecule has 0 saturated carbocycles. The number of halogens is 2. The Labute approximate surface area is 195 Å². The minimum atomic E-state index is -0.990. The molecular weight excluding hydrogens is 438 g/mol. The van der Waals surface area contributed by atoms with E-state index in [4.69, 9.17) is 9.47 Å². The second kappa shape index (κ2) is 9.43. The number of hydrogen-bond donors (Lipinski definition) is 0. The Bertz CT molecular complexity index is 1320. The van der Waals surface area contributed by atoms with E-state index in [9.17, 15) is 8.78 Å². The van der Waals surface area contributed by atoms with E-state index in [1.54, 1.807) is 37.7 Å². The van der Waals surface area contributed by atoms with E-state index >= 15 is 0 Å². The number of nitrogens with zero attached hydrogens (tertiary/aromatic N) is 4. The fraction of sp³-hybridized carbons (Fsp3) is 0.192. The zero-order chi connectivity index (χ0) is 23.5. The predicted octanol–water partition coefficient (Wildman–Crippen LogP) is 4.97. The van der Waals surface area contributed by atoms with Crippen molar-refractivity contribution in [3.05, 3.63) is 95.4 Å². The Morgan fingerprint density at radius 1 is 1.03 bits per heavy atom. The van der Waals surface area contributed by atoms with Gasteiger partial charge in [0.05, 0.1) is 12.8 Å². The molecule has 0 saturated heterocycles. The SMILES string of the molecule is COc1ccnc(-c2ncc3c(n2)CCN(c2cc(F)c(F)c(OCc4ccccc4)c2)C3)c1. The zero-order valence-electron chi connectivity index (χ0n) is 18.5. The highest BCUT2D eigenvalue weighted by molar-refractivity contribution is 5.55. The molecule has 0 atom stereocenters. The third-order valence-corrected chi connectivity index (χ3v) is 5.71. The van der Waals surface area contributed by atoms with Crippen LogP contribution in [0.4, 0.5) is 14.5 Å². The van der Waals surface area contributed by atoms with Gasteiger partial charge >= 0.3 is 0 Å². The predicted molar refractivity (Wildman–Crippen MR) is 124 cm³/mol. The number of aromatic nitrogens is 3. The average molecular weight is 460 g/mol. The van der Waals surface area contributed by atoms with Crippen LogP contribution in [0, 0.1) is 11.6 Å². The molecule has 0 fully saturated rings. The van der Waals surface area contributed by atoms with Crippen molar-refractivity contribution < 1.29 is 18.3 Å². The topological polar surface area (TPSA) is 60.4 Å². The Kier molecular flexibility index (Phi) is 6.03. The summed E-state index contributed by atoms with van der Waals surface area (Å²) in [4.78, 5) is 15.4. The molecule has 0 bridgehead atoms. The van der Waals surface area contributed by atoms with E-state index in [-0.39, 0.29) is 12.4 Å². The summed E-state index contributed by atoms with van der Waals surface area (Å²) >= 11 is 0. The summed E-state index contributed by atoms with van der Waals surface area (Å²) in [7, 11) is 1.60. The van der Waals surface area contributed by atoms with Gasteiger partial charge in [0.2, 0.25) is 5.82 Å². The number of anilines is 1. The average Bonchev–Trinajstić information content (AvgIpc) is 2.89. The summed E-state index contributed by atoms with van der Waals surface area (Å²) in [5.74, 6) is -0.838. The third-order valence-electron chi connectivity index (χ3n) is 5.71. The molecule has 6 nitrogen and oxygen atoms in total. The molecule has 0 radical (unpaired) electrons. The Balaban J connectivity index is 1.35. The molecule has 0 aliphatic carbocycles. The van der Waals surface area contributed by atoms with E-state index in [0.29, 0.717) is 42.5 Å². The highest BCUT2D eigenvalue weighted by atomic mass is 19.2. The minimum absolute atomic E-state index is 0.111. The highest BCUT2D eigenvalue weighted by Gasteiger charge is 2.22. The van der Waals surface area contributed by atoms with Gasteiger partial charge in [-0.05, 0) is 11.6 Å². The van der Waals surface area contributed by atoms with Gasteiger partial charge in [0, 0.05) is 61.4 Å². The number of rotatable bonds is 6. The lowest BCUT2D eigenvalue weighted by molar-refractivity contribution is 0.284. The monoisotopic (exact) mass is 460 g/mol. The smallest absolute Gasteiger partial charge is 0.200 e. The van der Waals surface area contributed by atoms with Crippen LogP contribution < -0.4 is 14.4 Å². The summed E-state index contributed by atoms with van der Waals surface area (Å²) in [6, 6.07) is 15.7. The number of benzene rings is 2. The van der Waals surface area contributed by atoms with Gasteiger partial charge in [-0.1, -0.05) is 30.3 Å². The van der Waals surface area contributed by atoms with Crippen molar-refractivity contribution in [2.24, 2.45) is 0 Å². The van der Waals surface area contributed by atoms with Crippen LogP contribution in [0.2, 0.25) is 0 Å². The van der Waals surface area contributed by atoms with Crippen molar-refractivity contribution in [2.45, 2.75) is 19.6 Å². The van der Waals surface area contributed by atoms with Crippen molar-refractivity contribution in [2.75, 3.05) is 18.6 Å². The molecule has 2 aromatic carbocycles. The summed E-state index contributed by atoms with van der Waals surface area (Å²) < 4.78 is 39.6. The van der Waals surface area contributed by atoms with Crippen LogP contribution in [0.3, 0.4) is 0 Å². The molecule has 4 aromatic rings. The maximum Gasteiger partial charge on any atom is 0.200 e. The normalized spacial score (nSPS) is 12.9. The number of methoxy groups -OCH3 is 1. The first-order valence-corrected chi connectivity index (χ1v) is 10.9. The Morgan fingerprint density at radius 2 is 1.88 bits per heavy atom. The van der Waals surface area contributed by atoms with Crippen molar-refractivity contribution in [3.63, 3.8) is 0 Å². The molecule has 3 heterocycles. The molecule has 1 aliphatic rings. The van der Waals surface area contributed by atoms with Crippen LogP contribution in [0.15, 0.2) is 67.0 Å². The van der Waals surface area contributed by atoms with Crippen LogP contribution in [0.25, 0.3) is 11.5 Å². The van der Waals surface area contributed by atoms with Crippen molar-refractivity contribution in [3.8, 4) is 23.0 Å². The molecule has 34 heavy (non-hydrogen) atoms. The van der Waals surface area contributed by atoms with Crippen LogP contribution in [0.1, 0.15) is 16.8 Å². The van der Waals surface area contributed by atoms with Crippen LogP contribution in [-0.2, 0) is 19.6 Å². The van der Waals surface area contributed by atoms with Crippen LogP contribution >= 0.6 is 0 Å². The molecule has 5 rings (SSSR count). The van der Waals surface area contributed by atoms with Crippen molar-refractivity contribution in [1.82, 2.24) is 15.0 Å². The lowest BCUT2D eigenvalue weighted by atomic mass is 10.1. The van der Waals surface area contributed by atoms with Gasteiger partial charge in [-0.25, -0.2) is 14.4 Å². The number of pyridine rings is 1. The van der Waals surface area contributed by atoms with Gasteiger partial charge in [-0.2, -0.15) is 4.39 Å². The van der Waals surface area contributed by atoms with Gasteiger partial charge in [0.15, 0.2) is 17.4 Å². The molecule has 0 N–H and O–H groups in total. The fourth-order valence-corrected chi connectivity index (χ4v) is 3.89. The Morgan fingerprint density at radius 3 is 2.71 bits per heavy atom. The molecule has 1 aliphatic heterocycles. The summed E-state index contributed by atoms with van der Waals surface area (Å²) in [6.07, 6.45) is 4.05. The lowest BCUT2D eigenvalue weighted by Gasteiger charge is -2.30. The fourth-order valence-electron chi connectivity index (χ4n) is 3.89. The van der Waals surface area contributed by atoms with E-state index in [0.717, 1.165) is 16.8 Å². The van der Waals surface area contributed by atoms with Gasteiger partial charge in [0.25, 0.3) is 0 Å². The number of ether oxygens (including phenoxy) is 2. The quantitative estimate of drug-likeness (QED) is 0.405. The molecule has 0 unspecified atom stereocenters. The summed E-state index contributed by atoms with van der Waals surface area (Å²) in [5, 5.41) is 0. The largest absolute Gasteiger partial charge is 0.497 e. The van der Waals surface area contributed by atoms with E-state index < -0.39 is 11.6 Å². The van der Waals surface area contributed by atoms with E-state index in [1.165, 1.54) is 6.07 Å². The standard InChI is InChI=1S/C26H22F2N4O2/c1-33-20-7-9-29-23(13-20)26-30-14-18-15-32(10-8-22(18)31-26)19-11-21(27)25(28)24(12-19)34-16-17-5-3-2-4-6-17/h2-7,9,11-14H,8,10,15-16H2,1H3. The molecule has 2 aromatic heterocycles. The minimum Gasteiger partial charge on any atom is -0.497 e. The second-order valence-corrected chi connectivity index (χ2v) is 7.93. The van der Waals surface area contributed by atoms with Gasteiger partial charge in [-0.15, -0.1) is 0 Å². The van der Waals surface area contributed by atoms with Crippen molar-refractivity contribution in [1.29, 1.82) is 0 Å². The van der Waals surface area contributed by atoms with Crippen LogP contribution in [0.5, 0.6) is 11.5 Å². The van der Waals surface area contributed by atoms with E-state index in [1.807, 2.05) is 35.2 Å². The molecule has 8 heteroatoms. The second-order valence-electron chi connectivity index (χ2n) is 7.93. The van der Waals surface area contributed by atoms with Gasteiger partial charge in [-0.3, -0.25) is 4.98 Å². The lowest BCUT2D eigenvalue weighted by Crippen LogP contribution is -2.31. The Hall–Kier alpha value is -4.07. The first kappa shape index (κ1) is 21.8.